The van der Waals surface area contributed by atoms with Gasteiger partial charge in [0.15, 0.2) is 0 Å². The average molecular weight is 356 g/mol. The molecular weight excluding hydrogens is 328 g/mol. The average Bonchev–Trinajstić information content (AvgIpc) is 3.19. The van der Waals surface area contributed by atoms with Crippen molar-refractivity contribution < 1.29 is 14.3 Å². The number of benzene rings is 1. The minimum Gasteiger partial charge on any atom is -0.376 e. The van der Waals surface area contributed by atoms with Gasteiger partial charge < -0.3 is 14.5 Å². The molecule has 0 saturated carbocycles. The largest absolute Gasteiger partial charge is 0.376 e. The van der Waals surface area contributed by atoms with Crippen LogP contribution >= 0.6 is 0 Å². The zero-order chi connectivity index (χ0) is 18.0. The maximum atomic E-state index is 12.7. The molecule has 1 atom stereocenters. The van der Waals surface area contributed by atoms with Crippen molar-refractivity contribution in [1.29, 1.82) is 0 Å². The van der Waals surface area contributed by atoms with Crippen molar-refractivity contribution in [2.45, 2.75) is 44.6 Å². The zero-order valence-corrected chi connectivity index (χ0v) is 15.4. The first-order chi connectivity index (χ1) is 12.7. The number of ether oxygens (including phenoxy) is 1. The molecule has 1 aromatic rings. The molecule has 1 aromatic carbocycles. The smallest absolute Gasteiger partial charge is 0.253 e. The van der Waals surface area contributed by atoms with Crippen LogP contribution in [0.4, 0.5) is 0 Å². The number of rotatable bonds is 3. The quantitative estimate of drug-likeness (QED) is 0.837. The molecule has 3 heterocycles. The summed E-state index contributed by atoms with van der Waals surface area (Å²) in [5.74, 6) is 0.400. The van der Waals surface area contributed by atoms with Gasteiger partial charge in [-0.05, 0) is 49.7 Å². The summed E-state index contributed by atoms with van der Waals surface area (Å²) in [6, 6.07) is 9.52. The SMILES string of the molecule is O=C1CCC2(CCN(C(=O)c3ccccc3)CC2)CN1CC1CCCO1. The topological polar surface area (TPSA) is 49.9 Å². The summed E-state index contributed by atoms with van der Waals surface area (Å²) in [4.78, 5) is 29.0. The van der Waals surface area contributed by atoms with E-state index >= 15 is 0 Å². The molecule has 5 heteroatoms. The fourth-order valence-corrected chi connectivity index (χ4v) is 4.66. The van der Waals surface area contributed by atoms with Gasteiger partial charge in [0.2, 0.25) is 5.91 Å². The van der Waals surface area contributed by atoms with Gasteiger partial charge in [-0.2, -0.15) is 0 Å². The molecule has 26 heavy (non-hydrogen) atoms. The van der Waals surface area contributed by atoms with Gasteiger partial charge in [0.05, 0.1) is 6.10 Å². The van der Waals surface area contributed by atoms with E-state index in [0.29, 0.717) is 6.42 Å². The Balaban J connectivity index is 1.36. The number of hydrogen-bond acceptors (Lipinski definition) is 3. The first-order valence-corrected chi connectivity index (χ1v) is 9.89. The number of likely N-dealkylation sites (tertiary alicyclic amines) is 2. The highest BCUT2D eigenvalue weighted by molar-refractivity contribution is 5.94. The highest BCUT2D eigenvalue weighted by Crippen LogP contribution is 2.40. The van der Waals surface area contributed by atoms with Crippen LogP contribution in [0.25, 0.3) is 0 Å². The number of carbonyl (C=O) groups is 2. The van der Waals surface area contributed by atoms with Gasteiger partial charge in [-0.3, -0.25) is 9.59 Å². The highest BCUT2D eigenvalue weighted by Gasteiger charge is 2.42. The normalized spacial score (nSPS) is 25.7. The minimum atomic E-state index is 0.128. The monoisotopic (exact) mass is 356 g/mol. The lowest BCUT2D eigenvalue weighted by Gasteiger charge is -2.47. The molecule has 0 aromatic heterocycles. The lowest BCUT2D eigenvalue weighted by atomic mass is 9.72. The molecule has 2 amide bonds. The summed E-state index contributed by atoms with van der Waals surface area (Å²) >= 11 is 0. The number of hydrogen-bond donors (Lipinski definition) is 0. The summed E-state index contributed by atoms with van der Waals surface area (Å²) in [6.07, 6.45) is 5.96. The lowest BCUT2D eigenvalue weighted by molar-refractivity contribution is -0.141. The molecular formula is C21H28N2O3. The Hall–Kier alpha value is -1.88. The number of piperidine rings is 2. The second-order valence-electron chi connectivity index (χ2n) is 8.07. The van der Waals surface area contributed by atoms with Crippen LogP contribution < -0.4 is 0 Å². The Labute approximate surface area is 155 Å². The van der Waals surface area contributed by atoms with E-state index in [-0.39, 0.29) is 23.3 Å². The Morgan fingerprint density at radius 3 is 2.62 bits per heavy atom. The number of carbonyl (C=O) groups excluding carboxylic acids is 2. The second kappa shape index (κ2) is 7.39. The van der Waals surface area contributed by atoms with E-state index < -0.39 is 0 Å². The van der Waals surface area contributed by atoms with E-state index in [0.717, 1.165) is 70.5 Å². The fraction of sp³-hybridized carbons (Fsp3) is 0.619. The van der Waals surface area contributed by atoms with Crippen molar-refractivity contribution in [2.24, 2.45) is 5.41 Å². The van der Waals surface area contributed by atoms with E-state index in [1.807, 2.05) is 40.1 Å². The first-order valence-electron chi connectivity index (χ1n) is 9.89. The molecule has 3 aliphatic heterocycles. The van der Waals surface area contributed by atoms with Crippen LogP contribution in [0.1, 0.15) is 48.9 Å². The molecule has 1 unspecified atom stereocenters. The second-order valence-corrected chi connectivity index (χ2v) is 8.07. The van der Waals surface area contributed by atoms with E-state index in [2.05, 4.69) is 0 Å². The maximum Gasteiger partial charge on any atom is 0.253 e. The molecule has 0 N–H and O–H groups in total. The molecule has 3 aliphatic rings. The van der Waals surface area contributed by atoms with Crippen LogP contribution in [0.3, 0.4) is 0 Å². The minimum absolute atomic E-state index is 0.128. The predicted molar refractivity (Wildman–Crippen MR) is 98.8 cm³/mol. The Kier molecular flexibility index (Phi) is 4.98. The van der Waals surface area contributed by atoms with Crippen molar-refractivity contribution in [3.8, 4) is 0 Å². The van der Waals surface area contributed by atoms with E-state index in [9.17, 15) is 9.59 Å². The van der Waals surface area contributed by atoms with Crippen molar-refractivity contribution >= 4 is 11.8 Å². The van der Waals surface area contributed by atoms with E-state index in [4.69, 9.17) is 4.74 Å². The molecule has 0 bridgehead atoms. The van der Waals surface area contributed by atoms with Crippen LogP contribution in [0.5, 0.6) is 0 Å². The maximum absolute atomic E-state index is 12.7. The molecule has 0 aliphatic carbocycles. The van der Waals surface area contributed by atoms with Crippen LogP contribution in [-0.4, -0.2) is 60.5 Å². The Morgan fingerprint density at radius 1 is 1.15 bits per heavy atom. The van der Waals surface area contributed by atoms with Crippen molar-refractivity contribution in [2.75, 3.05) is 32.8 Å². The van der Waals surface area contributed by atoms with Crippen LogP contribution in [0.15, 0.2) is 30.3 Å². The van der Waals surface area contributed by atoms with Gasteiger partial charge >= 0.3 is 0 Å². The predicted octanol–water partition coefficient (Wildman–Crippen LogP) is 2.71. The molecule has 5 nitrogen and oxygen atoms in total. The molecule has 0 radical (unpaired) electrons. The summed E-state index contributed by atoms with van der Waals surface area (Å²) < 4.78 is 5.73. The van der Waals surface area contributed by atoms with Gasteiger partial charge in [-0.15, -0.1) is 0 Å². The lowest BCUT2D eigenvalue weighted by Crippen LogP contribution is -2.53. The zero-order valence-electron chi connectivity index (χ0n) is 15.4. The van der Waals surface area contributed by atoms with Crippen LogP contribution in [0.2, 0.25) is 0 Å². The van der Waals surface area contributed by atoms with Gasteiger partial charge in [0.1, 0.15) is 0 Å². The number of amides is 2. The van der Waals surface area contributed by atoms with Crippen molar-refractivity contribution in [3.63, 3.8) is 0 Å². The van der Waals surface area contributed by atoms with Gasteiger partial charge in [-0.1, -0.05) is 18.2 Å². The molecule has 3 saturated heterocycles. The molecule has 1 spiro atoms. The Bertz CT molecular complexity index is 646. The third kappa shape index (κ3) is 3.63. The molecule has 3 fully saturated rings. The van der Waals surface area contributed by atoms with Crippen molar-refractivity contribution in [3.05, 3.63) is 35.9 Å². The fourth-order valence-electron chi connectivity index (χ4n) is 4.66. The van der Waals surface area contributed by atoms with Crippen molar-refractivity contribution in [1.82, 2.24) is 9.80 Å². The van der Waals surface area contributed by atoms with Gasteiger partial charge in [0.25, 0.3) is 5.91 Å². The summed E-state index contributed by atoms with van der Waals surface area (Å²) in [7, 11) is 0. The highest BCUT2D eigenvalue weighted by atomic mass is 16.5. The van der Waals surface area contributed by atoms with Crippen LogP contribution in [-0.2, 0) is 9.53 Å². The molecule has 140 valence electrons. The van der Waals surface area contributed by atoms with E-state index in [1.165, 1.54) is 0 Å². The third-order valence-electron chi connectivity index (χ3n) is 6.33. The standard InChI is InChI=1S/C21H28N2O3/c24-19-8-9-21(16-23(19)15-18-7-4-14-26-18)10-12-22(13-11-21)20(25)17-5-2-1-3-6-17/h1-3,5-6,18H,4,7-16H2. The third-order valence-corrected chi connectivity index (χ3v) is 6.33. The Morgan fingerprint density at radius 2 is 1.92 bits per heavy atom. The van der Waals surface area contributed by atoms with Gasteiger partial charge in [0, 0.05) is 44.8 Å². The van der Waals surface area contributed by atoms with Gasteiger partial charge in [-0.25, -0.2) is 0 Å². The summed E-state index contributed by atoms with van der Waals surface area (Å²) in [5, 5.41) is 0. The summed E-state index contributed by atoms with van der Waals surface area (Å²) in [6.45, 7) is 3.98. The number of nitrogens with zero attached hydrogens (tertiary/aromatic N) is 2. The summed E-state index contributed by atoms with van der Waals surface area (Å²) in [5.41, 5.74) is 0.947. The molecule has 4 rings (SSSR count). The first kappa shape index (κ1) is 17.5. The van der Waals surface area contributed by atoms with E-state index in [1.54, 1.807) is 0 Å². The van der Waals surface area contributed by atoms with Crippen LogP contribution in [0, 0.1) is 5.41 Å².